The molecular weight excluding hydrogens is 366 g/mol. The Morgan fingerprint density at radius 2 is 1.69 bits per heavy atom. The molecule has 132 valence electrons. The molecule has 0 saturated carbocycles. The molecule has 2 aromatic carbocycles. The fourth-order valence-electron chi connectivity index (χ4n) is 2.29. The molecule has 0 spiro atoms. The summed E-state index contributed by atoms with van der Waals surface area (Å²) in [6.07, 6.45) is -0.374. The van der Waals surface area contributed by atoms with E-state index in [2.05, 4.69) is 15.3 Å². The Labute approximate surface area is 156 Å². The first-order valence-electron chi connectivity index (χ1n) is 7.96. The van der Waals surface area contributed by atoms with Crippen LogP contribution in [0.1, 0.15) is 10.4 Å². The van der Waals surface area contributed by atoms with Crippen LogP contribution < -0.4 is 10.3 Å². The van der Waals surface area contributed by atoms with Crippen molar-refractivity contribution in [1.82, 2.24) is 9.97 Å². The van der Waals surface area contributed by atoms with Crippen molar-refractivity contribution in [2.24, 2.45) is 0 Å². The van der Waals surface area contributed by atoms with Gasteiger partial charge in [0.25, 0.3) is 8.96 Å². The summed E-state index contributed by atoms with van der Waals surface area (Å²) in [5.74, 6) is -0.365. The van der Waals surface area contributed by atoms with E-state index in [1.807, 2.05) is 35.7 Å². The van der Waals surface area contributed by atoms with Gasteiger partial charge in [-0.25, -0.2) is 4.98 Å². The van der Waals surface area contributed by atoms with E-state index in [-0.39, 0.29) is 17.7 Å². The highest BCUT2D eigenvalue weighted by atomic mass is 32.1. The van der Waals surface area contributed by atoms with Gasteiger partial charge < -0.3 is 15.4 Å². The number of aliphatic hydroxyl groups excluding tert-OH is 1. The average molecular weight is 384 g/mol. The van der Waals surface area contributed by atoms with E-state index in [1.165, 1.54) is 11.3 Å². The summed E-state index contributed by atoms with van der Waals surface area (Å²) in [4.78, 5) is 31.6. The van der Waals surface area contributed by atoms with E-state index >= 15 is 0 Å². The van der Waals surface area contributed by atoms with Gasteiger partial charge in [0, 0.05) is 16.5 Å². The summed E-state index contributed by atoms with van der Waals surface area (Å²) in [5, 5.41) is 14.5. The van der Waals surface area contributed by atoms with Gasteiger partial charge in [0.2, 0.25) is 11.4 Å². The van der Waals surface area contributed by atoms with E-state index in [4.69, 9.17) is 0 Å². The molecule has 6 nitrogen and oxygen atoms in total. The van der Waals surface area contributed by atoms with Gasteiger partial charge in [-0.3, -0.25) is 9.59 Å². The minimum absolute atomic E-state index is 0.365. The van der Waals surface area contributed by atoms with Gasteiger partial charge in [0.05, 0.1) is 11.9 Å². The molecule has 0 radical (unpaired) electrons. The third kappa shape index (κ3) is 4.42. The van der Waals surface area contributed by atoms with Gasteiger partial charge in [-0.05, 0) is 12.1 Å². The number of carbonyl (C=O) groups excluding carboxylic acids is 2. The van der Waals surface area contributed by atoms with Crippen molar-refractivity contribution in [2.75, 3.05) is 11.5 Å². The molecule has 0 fully saturated rings. The zero-order chi connectivity index (χ0) is 18.4. The summed E-state index contributed by atoms with van der Waals surface area (Å²) in [5.41, 5.74) is 1.79. The van der Waals surface area contributed by atoms with E-state index in [0.717, 1.165) is 11.3 Å². The van der Waals surface area contributed by atoms with Crippen LogP contribution in [0, 0.1) is 0 Å². The van der Waals surface area contributed by atoms with Crippen molar-refractivity contribution in [3.63, 3.8) is 0 Å². The lowest BCUT2D eigenvalue weighted by Crippen LogP contribution is -2.50. The fraction of sp³-hybridized carbons (Fsp3) is 0.0556. The zero-order valence-corrected chi connectivity index (χ0v) is 15.7. The Bertz CT molecular complexity index is 887. The quantitative estimate of drug-likeness (QED) is 0.571. The van der Waals surface area contributed by atoms with Crippen LogP contribution in [0.3, 0.4) is 0 Å². The molecule has 26 heavy (non-hydrogen) atoms. The third-order valence-electron chi connectivity index (χ3n) is 3.64. The average Bonchev–Trinajstić information content (AvgIpc) is 3.15. The topological polar surface area (TPSA) is 91.3 Å². The van der Waals surface area contributed by atoms with E-state index < -0.39 is 8.96 Å². The molecule has 1 aromatic heterocycles. The standard InChI is InChI=1S/C18H17N3O3SSi/c22-12-26(21-16(23)14-9-5-2-6-10-14)18(24)20-17-19-15(11-25-17)13-7-3-1-4-8-13/h1-11,22,26H,12H2,(H,21,23)(H,19,20,24)/t26-/m0/s1. The Balaban J connectivity index is 1.64. The molecule has 1 heterocycles. The number of aromatic nitrogens is 1. The normalized spacial score (nSPS) is 11.6. The summed E-state index contributed by atoms with van der Waals surface area (Å²) >= 11 is 1.30. The number of nitrogens with zero attached hydrogens (tertiary/aromatic N) is 1. The zero-order valence-electron chi connectivity index (χ0n) is 13.8. The number of aliphatic hydroxyl groups is 1. The van der Waals surface area contributed by atoms with E-state index in [0.29, 0.717) is 10.7 Å². The Kier molecular flexibility index (Phi) is 5.90. The lowest BCUT2D eigenvalue weighted by atomic mass is 10.2. The van der Waals surface area contributed by atoms with Gasteiger partial charge in [-0.15, -0.1) is 11.3 Å². The minimum atomic E-state index is -2.60. The van der Waals surface area contributed by atoms with Gasteiger partial charge in [-0.2, -0.15) is 0 Å². The maximum absolute atomic E-state index is 12.4. The van der Waals surface area contributed by atoms with Gasteiger partial charge >= 0.3 is 0 Å². The van der Waals surface area contributed by atoms with Gasteiger partial charge in [-0.1, -0.05) is 48.5 Å². The van der Waals surface area contributed by atoms with Crippen LogP contribution >= 0.6 is 11.3 Å². The van der Waals surface area contributed by atoms with Crippen LogP contribution in [0.2, 0.25) is 0 Å². The highest BCUT2D eigenvalue weighted by Gasteiger charge is 2.24. The van der Waals surface area contributed by atoms with Crippen molar-refractivity contribution < 1.29 is 14.7 Å². The number of thiazole rings is 1. The lowest BCUT2D eigenvalue weighted by molar-refractivity contribution is 0.0977. The molecule has 3 N–H and O–H groups in total. The lowest BCUT2D eigenvalue weighted by Gasteiger charge is -2.13. The van der Waals surface area contributed by atoms with Crippen molar-refractivity contribution in [1.29, 1.82) is 0 Å². The number of nitrogens with one attached hydrogen (secondary N) is 2. The van der Waals surface area contributed by atoms with Crippen LogP contribution in [0.25, 0.3) is 11.3 Å². The first-order valence-corrected chi connectivity index (χ1v) is 10.8. The molecule has 0 aliphatic rings. The van der Waals surface area contributed by atoms with Gasteiger partial charge in [0.1, 0.15) is 0 Å². The van der Waals surface area contributed by atoms with Crippen LogP contribution in [0.15, 0.2) is 66.0 Å². The summed E-state index contributed by atoms with van der Waals surface area (Å²) in [6, 6.07) is 18.2. The predicted molar refractivity (Wildman–Crippen MR) is 105 cm³/mol. The monoisotopic (exact) mass is 383 g/mol. The Morgan fingerprint density at radius 3 is 2.35 bits per heavy atom. The molecule has 0 aliphatic carbocycles. The molecule has 8 heteroatoms. The molecule has 0 unspecified atom stereocenters. The number of carbonyl (C=O) groups is 2. The number of hydrogen-bond acceptors (Lipinski definition) is 5. The Hall–Kier alpha value is -2.81. The maximum Gasteiger partial charge on any atom is 0.269 e. The summed E-state index contributed by atoms with van der Waals surface area (Å²) in [7, 11) is -2.60. The van der Waals surface area contributed by atoms with Crippen molar-refractivity contribution in [2.45, 2.75) is 0 Å². The first-order chi connectivity index (χ1) is 12.7. The molecule has 2 amide bonds. The fourth-order valence-corrected chi connectivity index (χ4v) is 4.30. The molecule has 0 saturated heterocycles. The molecule has 3 rings (SSSR count). The van der Waals surface area contributed by atoms with E-state index in [1.54, 1.807) is 30.3 Å². The van der Waals surface area contributed by atoms with E-state index in [9.17, 15) is 14.7 Å². The first kappa shape index (κ1) is 18.0. The molecule has 0 bridgehead atoms. The number of anilines is 1. The molecule has 3 aromatic rings. The molecular formula is C18H17N3O3SSi. The Morgan fingerprint density at radius 1 is 1.04 bits per heavy atom. The van der Waals surface area contributed by atoms with Crippen LogP contribution in [-0.2, 0) is 0 Å². The number of hydrogen-bond donors (Lipinski definition) is 3. The van der Waals surface area contributed by atoms with Crippen LogP contribution in [-0.4, -0.2) is 36.7 Å². The smallest absolute Gasteiger partial charge is 0.269 e. The maximum atomic E-state index is 12.4. The summed E-state index contributed by atoms with van der Waals surface area (Å²) < 4.78 is 0. The largest absolute Gasteiger partial charge is 0.397 e. The SMILES string of the molecule is O=C(N[Si@@H](CO)C(=O)Nc1nc(-c2ccccc2)cs1)c1ccccc1. The van der Waals surface area contributed by atoms with Crippen molar-refractivity contribution >= 4 is 36.9 Å². The second kappa shape index (κ2) is 8.52. The highest BCUT2D eigenvalue weighted by Crippen LogP contribution is 2.24. The second-order valence-electron chi connectivity index (χ2n) is 5.47. The third-order valence-corrected chi connectivity index (χ3v) is 6.16. The van der Waals surface area contributed by atoms with Gasteiger partial charge in [0.15, 0.2) is 5.13 Å². The van der Waals surface area contributed by atoms with Crippen LogP contribution in [0.4, 0.5) is 9.93 Å². The van der Waals surface area contributed by atoms with Crippen molar-refractivity contribution in [3.8, 4) is 11.3 Å². The van der Waals surface area contributed by atoms with Crippen molar-refractivity contribution in [3.05, 3.63) is 71.6 Å². The van der Waals surface area contributed by atoms with Crippen LogP contribution in [0.5, 0.6) is 0 Å². The molecule has 0 aliphatic heterocycles. The number of benzene rings is 2. The second-order valence-corrected chi connectivity index (χ2v) is 8.61. The number of rotatable bonds is 6. The highest BCUT2D eigenvalue weighted by molar-refractivity contribution is 7.14. The predicted octanol–water partition coefficient (Wildman–Crippen LogP) is 2.61. The summed E-state index contributed by atoms with van der Waals surface area (Å²) in [6.45, 7) is 0. The minimum Gasteiger partial charge on any atom is -0.397 e. The molecule has 1 atom stereocenters. The number of amides is 2.